The van der Waals surface area contributed by atoms with Gasteiger partial charge in [-0.05, 0) is 19.1 Å². The lowest BCUT2D eigenvalue weighted by Crippen LogP contribution is -2.03. The summed E-state index contributed by atoms with van der Waals surface area (Å²) in [5.74, 6) is 0.156. The zero-order chi connectivity index (χ0) is 14.3. The first kappa shape index (κ1) is 12.5. The number of nitrogens with zero attached hydrogens (tertiary/aromatic N) is 3. The molecule has 0 aliphatic rings. The van der Waals surface area contributed by atoms with Crippen molar-refractivity contribution in [1.82, 2.24) is 14.5 Å². The molecule has 0 saturated carbocycles. The third-order valence-corrected chi connectivity index (χ3v) is 3.34. The monoisotopic (exact) mass is 265 g/mol. The molecule has 4 nitrogen and oxygen atoms in total. The van der Waals surface area contributed by atoms with Gasteiger partial charge in [0.15, 0.2) is 11.6 Å². The fourth-order valence-corrected chi connectivity index (χ4v) is 2.41. The second-order valence-corrected chi connectivity index (χ2v) is 4.95. The molecule has 0 N–H and O–H groups in total. The van der Waals surface area contributed by atoms with Crippen LogP contribution in [-0.4, -0.2) is 20.3 Å². The van der Waals surface area contributed by atoms with Crippen LogP contribution >= 0.6 is 0 Å². The van der Waals surface area contributed by atoms with Gasteiger partial charge in [0.25, 0.3) is 0 Å². The van der Waals surface area contributed by atoms with Crippen molar-refractivity contribution in [3.8, 4) is 11.3 Å². The van der Waals surface area contributed by atoms with Gasteiger partial charge in [-0.1, -0.05) is 18.2 Å². The molecular formula is C16H15N3O. The van der Waals surface area contributed by atoms with Crippen LogP contribution in [-0.2, 0) is 7.05 Å². The quantitative estimate of drug-likeness (QED) is 0.669. The highest BCUT2D eigenvalue weighted by Gasteiger charge is 2.12. The zero-order valence-corrected chi connectivity index (χ0v) is 11.7. The molecule has 0 unspecified atom stereocenters. The van der Waals surface area contributed by atoms with E-state index in [0.29, 0.717) is 0 Å². The number of aromatic nitrogens is 3. The lowest BCUT2D eigenvalue weighted by molar-refractivity contribution is 0.100. The summed E-state index contributed by atoms with van der Waals surface area (Å²) in [5, 5.41) is 1.13. The van der Waals surface area contributed by atoms with E-state index in [1.54, 1.807) is 0 Å². The number of Topliss-reactive ketones (excluding diaryl/α,β-unsaturated/α-hetero) is 1. The molecular weight excluding hydrogens is 250 g/mol. The number of ketones is 1. The maximum atomic E-state index is 11.5. The van der Waals surface area contributed by atoms with Gasteiger partial charge in [0.05, 0.1) is 5.69 Å². The van der Waals surface area contributed by atoms with Crippen LogP contribution in [0.4, 0.5) is 0 Å². The van der Waals surface area contributed by atoms with Gasteiger partial charge in [-0.2, -0.15) is 0 Å². The number of para-hydroxylation sites is 1. The molecule has 4 heteroatoms. The molecule has 3 aromatic rings. The lowest BCUT2D eigenvalue weighted by atomic mass is 10.1. The molecule has 0 saturated heterocycles. The van der Waals surface area contributed by atoms with Crippen molar-refractivity contribution in [3.05, 3.63) is 48.0 Å². The van der Waals surface area contributed by atoms with Gasteiger partial charge in [0.2, 0.25) is 0 Å². The van der Waals surface area contributed by atoms with Gasteiger partial charge in [-0.3, -0.25) is 4.79 Å². The second-order valence-electron chi connectivity index (χ2n) is 4.95. The summed E-state index contributed by atoms with van der Waals surface area (Å²) < 4.78 is 2.07. The van der Waals surface area contributed by atoms with Crippen LogP contribution in [0.5, 0.6) is 0 Å². The average Bonchev–Trinajstić information content (AvgIpc) is 2.76. The Kier molecular flexibility index (Phi) is 2.86. The van der Waals surface area contributed by atoms with E-state index in [1.165, 1.54) is 6.92 Å². The molecule has 0 aliphatic carbocycles. The number of hydrogen-bond donors (Lipinski definition) is 0. The van der Waals surface area contributed by atoms with E-state index < -0.39 is 0 Å². The minimum atomic E-state index is -0.116. The minimum Gasteiger partial charge on any atom is -0.350 e. The maximum absolute atomic E-state index is 11.5. The van der Waals surface area contributed by atoms with Crippen molar-refractivity contribution in [1.29, 1.82) is 0 Å². The lowest BCUT2D eigenvalue weighted by Gasteiger charge is -2.03. The van der Waals surface area contributed by atoms with Crippen molar-refractivity contribution < 1.29 is 4.79 Å². The van der Waals surface area contributed by atoms with Crippen molar-refractivity contribution in [2.24, 2.45) is 7.05 Å². The van der Waals surface area contributed by atoms with E-state index in [2.05, 4.69) is 26.7 Å². The molecule has 0 fully saturated rings. The Hall–Kier alpha value is -2.49. The normalized spacial score (nSPS) is 10.9. The third-order valence-electron chi connectivity index (χ3n) is 3.34. The molecule has 1 aromatic carbocycles. The Labute approximate surface area is 117 Å². The van der Waals surface area contributed by atoms with Crippen LogP contribution in [0.2, 0.25) is 0 Å². The first-order valence-corrected chi connectivity index (χ1v) is 6.47. The summed E-state index contributed by atoms with van der Waals surface area (Å²) in [6.07, 6.45) is 2.04. The number of rotatable bonds is 2. The first-order chi connectivity index (χ1) is 9.56. The highest BCUT2D eigenvalue weighted by molar-refractivity contribution is 5.96. The van der Waals surface area contributed by atoms with Gasteiger partial charge < -0.3 is 4.57 Å². The highest BCUT2D eigenvalue weighted by Crippen LogP contribution is 2.29. The van der Waals surface area contributed by atoms with Crippen LogP contribution in [0.15, 0.2) is 36.5 Å². The number of benzene rings is 1. The molecule has 3 rings (SSSR count). The predicted octanol–water partition coefficient (Wildman–Crippen LogP) is 3.15. The van der Waals surface area contributed by atoms with E-state index in [1.807, 2.05) is 38.4 Å². The molecule has 0 radical (unpaired) electrons. The van der Waals surface area contributed by atoms with Crippen LogP contribution in [0.25, 0.3) is 22.2 Å². The Morgan fingerprint density at radius 1 is 1.20 bits per heavy atom. The molecule has 0 atom stereocenters. The number of fused-ring (bicyclic) bond motifs is 1. The van der Waals surface area contributed by atoms with E-state index in [-0.39, 0.29) is 11.6 Å². The molecule has 0 aliphatic heterocycles. The molecule has 20 heavy (non-hydrogen) atoms. The summed E-state index contributed by atoms with van der Waals surface area (Å²) in [6, 6.07) is 10.1. The largest absolute Gasteiger partial charge is 0.350 e. The van der Waals surface area contributed by atoms with E-state index >= 15 is 0 Å². The van der Waals surface area contributed by atoms with Crippen molar-refractivity contribution >= 4 is 16.7 Å². The first-order valence-electron chi connectivity index (χ1n) is 6.47. The Bertz CT molecular complexity index is 818. The van der Waals surface area contributed by atoms with Gasteiger partial charge in [-0.25, -0.2) is 9.97 Å². The van der Waals surface area contributed by atoms with Crippen molar-refractivity contribution in [2.45, 2.75) is 13.8 Å². The summed E-state index contributed by atoms with van der Waals surface area (Å²) in [4.78, 5) is 20.1. The Morgan fingerprint density at radius 3 is 2.70 bits per heavy atom. The fourth-order valence-electron chi connectivity index (χ4n) is 2.41. The van der Waals surface area contributed by atoms with Crippen LogP contribution in [0.3, 0.4) is 0 Å². The van der Waals surface area contributed by atoms with Crippen LogP contribution < -0.4 is 0 Å². The SMILES string of the molecule is CC(=O)c1nc(C)cc(-c2cn(C)c3ccccc23)n1. The smallest absolute Gasteiger partial charge is 0.196 e. The van der Waals surface area contributed by atoms with E-state index in [4.69, 9.17) is 0 Å². The molecule has 0 bridgehead atoms. The zero-order valence-electron chi connectivity index (χ0n) is 11.7. The number of aryl methyl sites for hydroxylation is 2. The summed E-state index contributed by atoms with van der Waals surface area (Å²) in [6.45, 7) is 3.37. The summed E-state index contributed by atoms with van der Waals surface area (Å²) in [5.41, 5.74) is 3.76. The Morgan fingerprint density at radius 2 is 1.95 bits per heavy atom. The van der Waals surface area contributed by atoms with Gasteiger partial charge >= 0.3 is 0 Å². The highest BCUT2D eigenvalue weighted by atomic mass is 16.1. The molecule has 0 spiro atoms. The molecule has 100 valence electrons. The molecule has 2 aromatic heterocycles. The maximum Gasteiger partial charge on any atom is 0.196 e. The van der Waals surface area contributed by atoms with Gasteiger partial charge in [0.1, 0.15) is 0 Å². The van der Waals surface area contributed by atoms with Crippen LogP contribution in [0, 0.1) is 6.92 Å². The average molecular weight is 265 g/mol. The number of carbonyl (C=O) groups is 1. The molecule has 2 heterocycles. The standard InChI is InChI=1S/C16H15N3O/c1-10-8-14(18-16(17-10)11(2)20)13-9-19(3)15-7-5-4-6-12(13)15/h4-9H,1-3H3. The number of hydrogen-bond acceptors (Lipinski definition) is 3. The topological polar surface area (TPSA) is 47.8 Å². The van der Waals surface area contributed by atoms with Crippen molar-refractivity contribution in [2.75, 3.05) is 0 Å². The summed E-state index contributed by atoms with van der Waals surface area (Å²) in [7, 11) is 2.01. The Balaban J connectivity index is 2.28. The van der Waals surface area contributed by atoms with Gasteiger partial charge in [0, 0.05) is 42.3 Å². The second kappa shape index (κ2) is 4.56. The minimum absolute atomic E-state index is 0.116. The van der Waals surface area contributed by atoms with Gasteiger partial charge in [-0.15, -0.1) is 0 Å². The fraction of sp³-hybridized carbons (Fsp3) is 0.188. The van der Waals surface area contributed by atoms with E-state index in [0.717, 1.165) is 27.9 Å². The number of carbonyl (C=O) groups excluding carboxylic acids is 1. The van der Waals surface area contributed by atoms with E-state index in [9.17, 15) is 4.79 Å². The molecule has 0 amide bonds. The summed E-state index contributed by atoms with van der Waals surface area (Å²) >= 11 is 0. The van der Waals surface area contributed by atoms with Crippen molar-refractivity contribution in [3.63, 3.8) is 0 Å². The third kappa shape index (κ3) is 1.99. The predicted molar refractivity (Wildman–Crippen MR) is 78.7 cm³/mol. The van der Waals surface area contributed by atoms with Crippen LogP contribution in [0.1, 0.15) is 23.2 Å².